The number of nitrogens with zero attached hydrogens (tertiary/aromatic N) is 3. The maximum Gasteiger partial charge on any atom is 0.272 e. The molecule has 1 amide bonds. The fourth-order valence-electron chi connectivity index (χ4n) is 1.93. The number of rotatable bonds is 7. The lowest BCUT2D eigenvalue weighted by atomic mass is 10.2. The lowest BCUT2D eigenvalue weighted by Gasteiger charge is -2.23. The number of aromatic nitrogens is 1. The van der Waals surface area contributed by atoms with Gasteiger partial charge >= 0.3 is 0 Å². The number of anilines is 1. The summed E-state index contributed by atoms with van der Waals surface area (Å²) in [7, 11) is 0. The lowest BCUT2D eigenvalue weighted by Crippen LogP contribution is -2.35. The van der Waals surface area contributed by atoms with Crippen molar-refractivity contribution in [2.24, 2.45) is 5.92 Å². The number of pyridine rings is 1. The minimum Gasteiger partial charge on any atom is -0.385 e. The molecule has 0 radical (unpaired) electrons. The van der Waals surface area contributed by atoms with Crippen LogP contribution < -0.4 is 5.32 Å². The molecule has 0 aromatic carbocycles. The largest absolute Gasteiger partial charge is 0.385 e. The van der Waals surface area contributed by atoms with Crippen molar-refractivity contribution in [3.05, 3.63) is 24.0 Å². The fourth-order valence-corrected chi connectivity index (χ4v) is 1.93. The predicted octanol–water partition coefficient (Wildman–Crippen LogP) is 2.53. The molecule has 0 aliphatic heterocycles. The van der Waals surface area contributed by atoms with Crippen LogP contribution in [0, 0.1) is 17.2 Å². The average molecular weight is 274 g/mol. The lowest BCUT2D eigenvalue weighted by molar-refractivity contribution is 0.0734. The molecule has 1 aromatic rings. The summed E-state index contributed by atoms with van der Waals surface area (Å²) >= 11 is 0. The molecule has 0 spiro atoms. The highest BCUT2D eigenvalue weighted by Crippen LogP contribution is 2.11. The zero-order chi connectivity index (χ0) is 15.0. The fraction of sp³-hybridized carbons (Fsp3) is 0.533. The van der Waals surface area contributed by atoms with Crippen molar-refractivity contribution in [1.29, 1.82) is 5.26 Å². The van der Waals surface area contributed by atoms with E-state index in [1.54, 1.807) is 17.2 Å². The quantitative estimate of drug-likeness (QED) is 0.829. The smallest absolute Gasteiger partial charge is 0.272 e. The van der Waals surface area contributed by atoms with Gasteiger partial charge in [-0.15, -0.1) is 0 Å². The third-order valence-electron chi connectivity index (χ3n) is 2.73. The Hall–Kier alpha value is -2.09. The Bertz CT molecular complexity index is 479. The summed E-state index contributed by atoms with van der Waals surface area (Å²) in [5.74, 6) is 0.239. The Morgan fingerprint density at radius 3 is 2.90 bits per heavy atom. The molecule has 0 atom stereocenters. The highest BCUT2D eigenvalue weighted by atomic mass is 16.2. The molecule has 0 unspecified atom stereocenters. The van der Waals surface area contributed by atoms with Crippen molar-refractivity contribution in [3.8, 4) is 6.07 Å². The van der Waals surface area contributed by atoms with E-state index in [1.807, 2.05) is 13.0 Å². The first-order chi connectivity index (χ1) is 9.58. The number of carbonyl (C=O) groups is 1. The van der Waals surface area contributed by atoms with Gasteiger partial charge in [-0.25, -0.2) is 0 Å². The molecule has 5 nitrogen and oxygen atoms in total. The van der Waals surface area contributed by atoms with Crippen LogP contribution in [0.3, 0.4) is 0 Å². The van der Waals surface area contributed by atoms with Crippen LogP contribution in [0.1, 0.15) is 37.7 Å². The van der Waals surface area contributed by atoms with Gasteiger partial charge in [-0.1, -0.05) is 13.8 Å². The van der Waals surface area contributed by atoms with Crippen molar-refractivity contribution in [3.63, 3.8) is 0 Å². The highest BCUT2D eigenvalue weighted by molar-refractivity contribution is 5.93. The van der Waals surface area contributed by atoms with Crippen molar-refractivity contribution in [1.82, 2.24) is 9.88 Å². The van der Waals surface area contributed by atoms with Gasteiger partial charge < -0.3 is 10.2 Å². The Balaban J connectivity index is 2.87. The predicted molar refractivity (Wildman–Crippen MR) is 79.4 cm³/mol. The van der Waals surface area contributed by atoms with E-state index in [2.05, 4.69) is 30.2 Å². The first-order valence-electron chi connectivity index (χ1n) is 6.94. The molecular weight excluding hydrogens is 252 g/mol. The second kappa shape index (κ2) is 8.16. The number of nitriles is 1. The number of amides is 1. The van der Waals surface area contributed by atoms with Gasteiger partial charge in [0.25, 0.3) is 5.91 Å². The number of nitrogens with one attached hydrogen (secondary N) is 1. The van der Waals surface area contributed by atoms with E-state index in [1.165, 1.54) is 0 Å². The van der Waals surface area contributed by atoms with Gasteiger partial charge in [0, 0.05) is 31.5 Å². The van der Waals surface area contributed by atoms with Crippen molar-refractivity contribution in [2.45, 2.75) is 27.2 Å². The van der Waals surface area contributed by atoms with Gasteiger partial charge in [0.1, 0.15) is 5.69 Å². The van der Waals surface area contributed by atoms with Crippen LogP contribution in [0.5, 0.6) is 0 Å². The zero-order valence-corrected chi connectivity index (χ0v) is 12.4. The highest BCUT2D eigenvalue weighted by Gasteiger charge is 2.18. The van der Waals surface area contributed by atoms with Crippen LogP contribution in [-0.2, 0) is 0 Å². The van der Waals surface area contributed by atoms with Gasteiger partial charge in [-0.2, -0.15) is 5.26 Å². The third kappa shape index (κ3) is 4.88. The first kappa shape index (κ1) is 16.0. The molecule has 108 valence electrons. The molecular formula is C15H22N4O. The van der Waals surface area contributed by atoms with E-state index < -0.39 is 0 Å². The van der Waals surface area contributed by atoms with Crippen LogP contribution in [-0.4, -0.2) is 35.4 Å². The topological polar surface area (TPSA) is 69.0 Å². The molecule has 0 aliphatic rings. The number of hydrogen-bond acceptors (Lipinski definition) is 4. The number of hydrogen-bond donors (Lipinski definition) is 1. The minimum absolute atomic E-state index is 0.117. The molecule has 0 bridgehead atoms. The van der Waals surface area contributed by atoms with Crippen molar-refractivity contribution in [2.75, 3.05) is 25.0 Å². The summed E-state index contributed by atoms with van der Waals surface area (Å²) in [5.41, 5.74) is 1.30. The summed E-state index contributed by atoms with van der Waals surface area (Å²) in [5, 5.41) is 11.9. The molecule has 1 aromatic heterocycles. The van der Waals surface area contributed by atoms with Crippen molar-refractivity contribution >= 4 is 11.6 Å². The summed E-state index contributed by atoms with van der Waals surface area (Å²) in [4.78, 5) is 18.3. The Kier molecular flexibility index (Phi) is 6.51. The van der Waals surface area contributed by atoms with E-state index in [0.717, 1.165) is 12.2 Å². The second-order valence-electron chi connectivity index (χ2n) is 5.01. The van der Waals surface area contributed by atoms with E-state index >= 15 is 0 Å². The summed E-state index contributed by atoms with van der Waals surface area (Å²) in [6.45, 7) is 7.97. The van der Waals surface area contributed by atoms with E-state index in [0.29, 0.717) is 31.1 Å². The molecule has 1 N–H and O–H groups in total. The first-order valence-corrected chi connectivity index (χ1v) is 6.94. The van der Waals surface area contributed by atoms with Crippen LogP contribution in [0.4, 0.5) is 5.69 Å². The van der Waals surface area contributed by atoms with Gasteiger partial charge in [0.05, 0.1) is 12.5 Å². The van der Waals surface area contributed by atoms with E-state index in [4.69, 9.17) is 5.26 Å². The minimum atomic E-state index is -0.117. The van der Waals surface area contributed by atoms with Crippen molar-refractivity contribution < 1.29 is 4.79 Å². The molecule has 0 fully saturated rings. The van der Waals surface area contributed by atoms with Crippen LogP contribution in [0.15, 0.2) is 18.3 Å². The summed E-state index contributed by atoms with van der Waals surface area (Å²) in [6, 6.07) is 5.67. The Labute approximate surface area is 120 Å². The van der Waals surface area contributed by atoms with Crippen LogP contribution >= 0.6 is 0 Å². The van der Waals surface area contributed by atoms with E-state index in [-0.39, 0.29) is 5.91 Å². The molecule has 1 rings (SSSR count). The number of carbonyl (C=O) groups excluding carboxylic acids is 1. The second-order valence-corrected chi connectivity index (χ2v) is 5.01. The van der Waals surface area contributed by atoms with Crippen LogP contribution in [0.2, 0.25) is 0 Å². The Morgan fingerprint density at radius 1 is 1.55 bits per heavy atom. The Morgan fingerprint density at radius 2 is 2.30 bits per heavy atom. The standard InChI is InChI=1S/C15H22N4O/c1-4-17-13-6-8-18-14(10-13)15(20)19(9-5-7-16)11-12(2)3/h6,8,10,12H,4-5,9,11H2,1-3H3,(H,17,18). The maximum atomic E-state index is 12.5. The molecule has 20 heavy (non-hydrogen) atoms. The summed E-state index contributed by atoms with van der Waals surface area (Å²) in [6.07, 6.45) is 1.97. The summed E-state index contributed by atoms with van der Waals surface area (Å²) < 4.78 is 0. The third-order valence-corrected chi connectivity index (χ3v) is 2.73. The maximum absolute atomic E-state index is 12.5. The molecule has 0 aliphatic carbocycles. The molecule has 1 heterocycles. The molecule has 0 saturated carbocycles. The van der Waals surface area contributed by atoms with Crippen LogP contribution in [0.25, 0.3) is 0 Å². The van der Waals surface area contributed by atoms with E-state index in [9.17, 15) is 4.79 Å². The normalized spacial score (nSPS) is 10.2. The average Bonchev–Trinajstić information content (AvgIpc) is 2.43. The SMILES string of the molecule is CCNc1ccnc(C(=O)N(CCC#N)CC(C)C)c1. The monoisotopic (exact) mass is 274 g/mol. The van der Waals surface area contributed by atoms with Gasteiger partial charge in [-0.05, 0) is 25.0 Å². The van der Waals surface area contributed by atoms with Gasteiger partial charge in [-0.3, -0.25) is 9.78 Å². The molecule has 5 heteroatoms. The zero-order valence-electron chi connectivity index (χ0n) is 12.4. The van der Waals surface area contributed by atoms with Gasteiger partial charge in [0.2, 0.25) is 0 Å². The molecule has 0 saturated heterocycles. The van der Waals surface area contributed by atoms with Gasteiger partial charge in [0.15, 0.2) is 0 Å².